The predicted octanol–water partition coefficient (Wildman–Crippen LogP) is 2.50. The molecular weight excluding hydrogens is 413 g/mol. The molecule has 1 aromatic heterocycles. The molecule has 1 aliphatic heterocycles. The Balaban J connectivity index is 2.17. The molecule has 1 atom stereocenters. The molecule has 2 aromatic rings. The van der Waals surface area contributed by atoms with Gasteiger partial charge in [0.2, 0.25) is 0 Å². The van der Waals surface area contributed by atoms with Crippen LogP contribution in [0.25, 0.3) is 0 Å². The molecule has 1 aliphatic rings. The molecule has 29 heavy (non-hydrogen) atoms. The van der Waals surface area contributed by atoms with Crippen molar-refractivity contribution < 1.29 is 21.9 Å². The van der Waals surface area contributed by atoms with Crippen molar-refractivity contribution >= 4 is 45.9 Å². The van der Waals surface area contributed by atoms with E-state index in [1.165, 1.54) is 17.7 Å². The number of azo groups is 1. The van der Waals surface area contributed by atoms with Crippen molar-refractivity contribution in [1.82, 2.24) is 9.55 Å². The van der Waals surface area contributed by atoms with Gasteiger partial charge in [-0.3, -0.25) is 8.78 Å². The van der Waals surface area contributed by atoms with Crippen LogP contribution >= 0.6 is 0 Å². The molecule has 2 heterocycles. The Hall–Kier alpha value is -2.87. The number of rotatable bonds is 4. The van der Waals surface area contributed by atoms with Crippen molar-refractivity contribution in [2.45, 2.75) is 19.1 Å². The highest BCUT2D eigenvalue weighted by atomic mass is 32.2. The van der Waals surface area contributed by atoms with E-state index in [0.29, 0.717) is 18.7 Å². The van der Waals surface area contributed by atoms with Crippen LogP contribution in [0.5, 0.6) is 0 Å². The summed E-state index contributed by atoms with van der Waals surface area (Å²) in [6, 6.07) is 2.54. The first-order valence-electron chi connectivity index (χ1n) is 8.34. The number of benzene rings is 1. The van der Waals surface area contributed by atoms with E-state index in [1.807, 2.05) is 0 Å². The average Bonchev–Trinajstić information content (AvgIpc) is 2.86. The van der Waals surface area contributed by atoms with Gasteiger partial charge in [0.15, 0.2) is 5.82 Å². The van der Waals surface area contributed by atoms with E-state index in [2.05, 4.69) is 15.2 Å². The van der Waals surface area contributed by atoms with Crippen LogP contribution < -0.4 is 20.7 Å². The van der Waals surface area contributed by atoms with E-state index in [0.717, 1.165) is 18.1 Å². The lowest BCUT2D eigenvalue weighted by atomic mass is 10.0. The minimum atomic E-state index is -5.18. The van der Waals surface area contributed by atoms with Crippen molar-refractivity contribution in [2.24, 2.45) is 17.3 Å². The van der Waals surface area contributed by atoms with Crippen molar-refractivity contribution in [3.05, 3.63) is 17.7 Å². The second-order valence-corrected chi connectivity index (χ2v) is 7.21. The van der Waals surface area contributed by atoms with Gasteiger partial charge in [-0.15, -0.1) is 23.4 Å². The van der Waals surface area contributed by atoms with Gasteiger partial charge in [0.1, 0.15) is 11.5 Å². The summed E-state index contributed by atoms with van der Waals surface area (Å²) in [5, 5.41) is 7.66. The lowest BCUT2D eigenvalue weighted by Crippen LogP contribution is -2.39. The van der Waals surface area contributed by atoms with Crippen LogP contribution in [0.3, 0.4) is 0 Å². The first-order valence-corrected chi connectivity index (χ1v) is 9.37. The van der Waals surface area contributed by atoms with Crippen LogP contribution in [0.15, 0.2) is 22.4 Å². The van der Waals surface area contributed by atoms with Crippen LogP contribution in [0.1, 0.15) is 12.0 Å². The molecule has 3 rings (SSSR count). The third-order valence-electron chi connectivity index (χ3n) is 4.52. The quantitative estimate of drug-likeness (QED) is 0.433. The molecule has 0 saturated carbocycles. The number of aromatic nitrogens is 2. The van der Waals surface area contributed by atoms with E-state index < -0.39 is 27.6 Å². The second kappa shape index (κ2) is 7.51. The summed E-state index contributed by atoms with van der Waals surface area (Å²) in [7, 11) is 3.22. The Labute approximate surface area is 166 Å². The molecule has 0 spiro atoms. The Morgan fingerprint density at radius 1 is 1.28 bits per heavy atom. The Kier molecular flexibility index (Phi) is 5.40. The van der Waals surface area contributed by atoms with E-state index in [-0.39, 0.29) is 23.3 Å². The average molecular weight is 431 g/mol. The maximum Gasteiger partial charge on any atom is 0.495 e. The van der Waals surface area contributed by atoms with Crippen molar-refractivity contribution in [3.63, 3.8) is 0 Å². The standard InChI is InChI=1S/C15H19F3N8O2S/c1-24-5-3-4-8-6-9(22-23-14-21-12(19)13(20)25(14)2)11(7-10(8)24)26(29(27)28)15(16,17)18/h6-7H,3-5,19-20H2,1-2H3,(H,27,28)/p-1. The maximum atomic E-state index is 13.4. The second-order valence-electron chi connectivity index (χ2n) is 6.42. The minimum absolute atomic E-state index is 0.00804. The van der Waals surface area contributed by atoms with Crippen LogP contribution in [-0.2, 0) is 24.7 Å². The Morgan fingerprint density at radius 3 is 2.52 bits per heavy atom. The highest BCUT2D eigenvalue weighted by Crippen LogP contribution is 2.43. The van der Waals surface area contributed by atoms with Gasteiger partial charge in [0.25, 0.3) is 5.95 Å². The maximum absolute atomic E-state index is 13.4. The molecule has 0 amide bonds. The number of hydrogen-bond acceptors (Lipinski definition) is 8. The number of hydrogen-bond donors (Lipinski definition) is 2. The highest BCUT2D eigenvalue weighted by molar-refractivity contribution is 7.80. The van der Waals surface area contributed by atoms with Gasteiger partial charge >= 0.3 is 6.30 Å². The predicted molar refractivity (Wildman–Crippen MR) is 102 cm³/mol. The molecule has 0 radical (unpaired) electrons. The van der Waals surface area contributed by atoms with E-state index in [9.17, 15) is 21.9 Å². The number of nitrogen functional groups attached to an aromatic ring is 2. The van der Waals surface area contributed by atoms with Gasteiger partial charge in [0.05, 0.1) is 17.0 Å². The van der Waals surface area contributed by atoms with Gasteiger partial charge in [-0.2, -0.15) is 4.98 Å². The lowest BCUT2D eigenvalue weighted by Gasteiger charge is -2.33. The monoisotopic (exact) mass is 431 g/mol. The fraction of sp³-hybridized carbons (Fsp3) is 0.400. The van der Waals surface area contributed by atoms with E-state index >= 15 is 0 Å². The number of anilines is 4. The number of nitrogens with zero attached hydrogens (tertiary/aromatic N) is 6. The van der Waals surface area contributed by atoms with Crippen molar-refractivity contribution in [2.75, 3.05) is 34.3 Å². The van der Waals surface area contributed by atoms with Crippen molar-refractivity contribution in [3.8, 4) is 0 Å². The van der Waals surface area contributed by atoms with Crippen LogP contribution in [0, 0.1) is 0 Å². The number of halogens is 3. The molecule has 1 aromatic carbocycles. The molecule has 158 valence electrons. The van der Waals surface area contributed by atoms with Gasteiger partial charge in [0, 0.05) is 26.3 Å². The molecule has 10 nitrogen and oxygen atoms in total. The summed E-state index contributed by atoms with van der Waals surface area (Å²) < 4.78 is 63.7. The fourth-order valence-corrected chi connectivity index (χ4v) is 3.52. The fourth-order valence-electron chi connectivity index (χ4n) is 3.04. The molecule has 0 fully saturated rings. The SMILES string of the molecule is CN1CCCc2cc(N=Nc3nc(N)c(N)n3C)c(N(S(=O)[O-])C(F)(F)F)cc21. The number of fused-ring (bicyclic) bond motifs is 1. The van der Waals surface area contributed by atoms with Crippen molar-refractivity contribution in [1.29, 1.82) is 0 Å². The van der Waals surface area contributed by atoms with Crippen LogP contribution in [-0.4, -0.2) is 38.2 Å². The number of aryl methyl sites for hydroxylation is 1. The van der Waals surface area contributed by atoms with Gasteiger partial charge < -0.3 is 20.9 Å². The zero-order valence-electron chi connectivity index (χ0n) is 15.5. The number of nitrogens with two attached hydrogens (primary N) is 2. The molecule has 0 aliphatic carbocycles. The van der Waals surface area contributed by atoms with Crippen LogP contribution in [0.4, 0.5) is 47.8 Å². The molecule has 4 N–H and O–H groups in total. The highest BCUT2D eigenvalue weighted by Gasteiger charge is 2.41. The molecule has 0 saturated heterocycles. The summed E-state index contributed by atoms with van der Waals surface area (Å²) in [6.07, 6.45) is -3.78. The number of alkyl halides is 3. The first kappa shape index (κ1) is 20.9. The molecule has 14 heteroatoms. The topological polar surface area (TPSA) is 141 Å². The summed E-state index contributed by atoms with van der Waals surface area (Å²) in [5.74, 6) is 0.0673. The molecule has 0 bridgehead atoms. The smallest absolute Gasteiger partial charge is 0.495 e. The summed E-state index contributed by atoms with van der Waals surface area (Å²) >= 11 is -3.62. The largest absolute Gasteiger partial charge is 0.755 e. The normalized spacial score (nSPS) is 15.6. The number of imidazole rings is 1. The zero-order valence-corrected chi connectivity index (χ0v) is 16.3. The third kappa shape index (κ3) is 3.98. The van der Waals surface area contributed by atoms with Gasteiger partial charge in [-0.05, 0) is 30.5 Å². The van der Waals surface area contributed by atoms with Gasteiger partial charge in [-0.1, -0.05) is 0 Å². The summed E-state index contributed by atoms with van der Waals surface area (Å²) in [5.41, 5.74) is 11.6. The third-order valence-corrected chi connectivity index (χ3v) is 5.22. The Bertz CT molecular complexity index is 991. The van der Waals surface area contributed by atoms with Gasteiger partial charge in [-0.25, -0.2) is 4.31 Å². The molecular formula is C15H18F3N8O2S-. The summed E-state index contributed by atoms with van der Waals surface area (Å²) in [6.45, 7) is 0.631. The van der Waals surface area contributed by atoms with E-state index in [4.69, 9.17) is 11.5 Å². The zero-order chi connectivity index (χ0) is 21.5. The summed E-state index contributed by atoms with van der Waals surface area (Å²) in [4.78, 5) is 5.63. The Morgan fingerprint density at radius 2 is 1.97 bits per heavy atom. The lowest BCUT2D eigenvalue weighted by molar-refractivity contribution is -0.115. The minimum Gasteiger partial charge on any atom is -0.755 e. The van der Waals surface area contributed by atoms with E-state index in [1.54, 1.807) is 11.9 Å². The first-order chi connectivity index (χ1) is 13.5. The van der Waals surface area contributed by atoms with Crippen LogP contribution in [0.2, 0.25) is 0 Å². The molecule has 1 unspecified atom stereocenters.